The maximum atomic E-state index is 5.51. The molecule has 0 aromatic heterocycles. The Bertz CT molecular complexity index is 313. The van der Waals surface area contributed by atoms with Gasteiger partial charge in [-0.05, 0) is 19.4 Å². The summed E-state index contributed by atoms with van der Waals surface area (Å²) >= 11 is 0. The molecule has 0 radical (unpaired) electrons. The molecule has 3 heteroatoms. The van der Waals surface area contributed by atoms with Crippen LogP contribution >= 0.6 is 0 Å². The van der Waals surface area contributed by atoms with Crippen molar-refractivity contribution < 1.29 is 9.47 Å². The van der Waals surface area contributed by atoms with E-state index >= 15 is 0 Å². The average molecular weight is 221 g/mol. The zero-order valence-electron chi connectivity index (χ0n) is 10.1. The van der Waals surface area contributed by atoms with Gasteiger partial charge in [0.05, 0.1) is 0 Å². The highest BCUT2D eigenvalue weighted by molar-refractivity contribution is 5.79. The van der Waals surface area contributed by atoms with Gasteiger partial charge in [0, 0.05) is 32.0 Å². The molecule has 3 nitrogen and oxygen atoms in total. The summed E-state index contributed by atoms with van der Waals surface area (Å²) in [5.74, 6) is 0. The van der Waals surface area contributed by atoms with E-state index in [1.807, 2.05) is 44.3 Å². The molecule has 16 heavy (non-hydrogen) atoms. The van der Waals surface area contributed by atoms with Gasteiger partial charge in [-0.3, -0.25) is 4.99 Å². The number of rotatable bonds is 6. The number of ether oxygens (including phenoxy) is 2. The molecule has 0 fully saturated rings. The summed E-state index contributed by atoms with van der Waals surface area (Å²) in [7, 11) is 1.76. The molecule has 0 saturated heterocycles. The van der Waals surface area contributed by atoms with Crippen LogP contribution in [0.15, 0.2) is 29.3 Å². The molecule has 1 aromatic rings. The van der Waals surface area contributed by atoms with E-state index in [0.717, 1.165) is 11.1 Å². The Hall–Kier alpha value is -1.19. The largest absolute Gasteiger partial charge is 0.349 e. The SMILES string of the molecule is CCOC(OCC)c1ccc(C=NC)cc1. The number of hydrogen-bond donors (Lipinski definition) is 0. The van der Waals surface area contributed by atoms with Crippen molar-refractivity contribution in [2.75, 3.05) is 20.3 Å². The summed E-state index contributed by atoms with van der Waals surface area (Å²) in [5.41, 5.74) is 2.12. The molecule has 0 bridgehead atoms. The standard InChI is InChI=1S/C13H19NO2/c1-4-15-13(16-5-2)12-8-6-11(7-9-12)10-14-3/h6-10,13H,4-5H2,1-3H3. The molecule has 0 atom stereocenters. The average Bonchev–Trinajstić information content (AvgIpc) is 2.30. The number of aliphatic imine (C=N–C) groups is 1. The highest BCUT2D eigenvalue weighted by atomic mass is 16.7. The molecular formula is C13H19NO2. The Kier molecular flexibility index (Phi) is 5.75. The van der Waals surface area contributed by atoms with Gasteiger partial charge in [0.2, 0.25) is 0 Å². The maximum Gasteiger partial charge on any atom is 0.183 e. The van der Waals surface area contributed by atoms with E-state index in [4.69, 9.17) is 9.47 Å². The van der Waals surface area contributed by atoms with Gasteiger partial charge in [0.15, 0.2) is 6.29 Å². The minimum atomic E-state index is -0.261. The number of benzene rings is 1. The van der Waals surface area contributed by atoms with Crippen LogP contribution in [0.1, 0.15) is 31.3 Å². The Morgan fingerprint density at radius 1 is 1.12 bits per heavy atom. The second-order valence-corrected chi connectivity index (χ2v) is 3.30. The Morgan fingerprint density at radius 3 is 2.12 bits per heavy atom. The first-order chi connectivity index (χ1) is 7.81. The van der Waals surface area contributed by atoms with Gasteiger partial charge in [-0.2, -0.15) is 0 Å². The zero-order valence-corrected chi connectivity index (χ0v) is 10.1. The molecule has 0 aliphatic carbocycles. The van der Waals surface area contributed by atoms with Crippen molar-refractivity contribution in [2.24, 2.45) is 4.99 Å². The minimum Gasteiger partial charge on any atom is -0.349 e. The number of nitrogens with zero attached hydrogens (tertiary/aromatic N) is 1. The van der Waals surface area contributed by atoms with Crippen LogP contribution in [0.5, 0.6) is 0 Å². The molecular weight excluding hydrogens is 202 g/mol. The lowest BCUT2D eigenvalue weighted by Gasteiger charge is -2.17. The van der Waals surface area contributed by atoms with Crippen molar-refractivity contribution in [1.29, 1.82) is 0 Å². The first-order valence-electron chi connectivity index (χ1n) is 5.57. The molecule has 1 rings (SSSR count). The van der Waals surface area contributed by atoms with Gasteiger partial charge in [0.1, 0.15) is 0 Å². The molecule has 0 saturated carbocycles. The highest BCUT2D eigenvalue weighted by Gasteiger charge is 2.10. The molecule has 0 aliphatic rings. The summed E-state index contributed by atoms with van der Waals surface area (Å²) < 4.78 is 11.0. The molecule has 0 heterocycles. The van der Waals surface area contributed by atoms with Gasteiger partial charge in [-0.15, -0.1) is 0 Å². The third kappa shape index (κ3) is 3.76. The summed E-state index contributed by atoms with van der Waals surface area (Å²) in [5, 5.41) is 0. The summed E-state index contributed by atoms with van der Waals surface area (Å²) in [6.45, 7) is 5.21. The van der Waals surface area contributed by atoms with Crippen LogP contribution < -0.4 is 0 Å². The van der Waals surface area contributed by atoms with Gasteiger partial charge in [0.25, 0.3) is 0 Å². The Labute approximate surface area is 97.1 Å². The third-order valence-corrected chi connectivity index (χ3v) is 2.12. The van der Waals surface area contributed by atoms with Crippen molar-refractivity contribution in [3.8, 4) is 0 Å². The van der Waals surface area contributed by atoms with E-state index < -0.39 is 0 Å². The summed E-state index contributed by atoms with van der Waals surface area (Å²) in [6, 6.07) is 8.03. The monoisotopic (exact) mass is 221 g/mol. The van der Waals surface area contributed by atoms with Gasteiger partial charge >= 0.3 is 0 Å². The van der Waals surface area contributed by atoms with Crippen LogP contribution in [-0.4, -0.2) is 26.5 Å². The molecule has 0 N–H and O–H groups in total. The maximum absolute atomic E-state index is 5.51. The summed E-state index contributed by atoms with van der Waals surface area (Å²) in [4.78, 5) is 3.97. The van der Waals surface area contributed by atoms with Crippen molar-refractivity contribution in [3.63, 3.8) is 0 Å². The smallest absolute Gasteiger partial charge is 0.183 e. The van der Waals surface area contributed by atoms with Crippen LogP contribution in [-0.2, 0) is 9.47 Å². The van der Waals surface area contributed by atoms with Crippen molar-refractivity contribution in [2.45, 2.75) is 20.1 Å². The Morgan fingerprint density at radius 2 is 1.69 bits per heavy atom. The lowest BCUT2D eigenvalue weighted by Crippen LogP contribution is -2.08. The molecule has 1 aromatic carbocycles. The van der Waals surface area contributed by atoms with E-state index in [1.165, 1.54) is 0 Å². The fourth-order valence-electron chi connectivity index (χ4n) is 1.43. The van der Waals surface area contributed by atoms with Crippen LogP contribution in [0.4, 0.5) is 0 Å². The fraction of sp³-hybridized carbons (Fsp3) is 0.462. The molecule has 0 aliphatic heterocycles. The molecule has 0 amide bonds. The third-order valence-electron chi connectivity index (χ3n) is 2.12. The van der Waals surface area contributed by atoms with Crippen molar-refractivity contribution >= 4 is 6.21 Å². The second-order valence-electron chi connectivity index (χ2n) is 3.30. The van der Waals surface area contributed by atoms with Gasteiger partial charge in [-0.1, -0.05) is 24.3 Å². The fourth-order valence-corrected chi connectivity index (χ4v) is 1.43. The topological polar surface area (TPSA) is 30.8 Å². The Balaban J connectivity index is 2.76. The van der Waals surface area contributed by atoms with Crippen LogP contribution in [0.2, 0.25) is 0 Å². The second kappa shape index (κ2) is 7.14. The first kappa shape index (κ1) is 12.9. The van der Waals surface area contributed by atoms with Gasteiger partial charge in [-0.25, -0.2) is 0 Å². The normalized spacial score (nSPS) is 11.5. The first-order valence-corrected chi connectivity index (χ1v) is 5.57. The van der Waals surface area contributed by atoms with Crippen molar-refractivity contribution in [1.82, 2.24) is 0 Å². The predicted molar refractivity (Wildman–Crippen MR) is 66.0 cm³/mol. The lowest BCUT2D eigenvalue weighted by molar-refractivity contribution is -0.140. The van der Waals surface area contributed by atoms with E-state index in [1.54, 1.807) is 7.05 Å². The van der Waals surface area contributed by atoms with E-state index in [2.05, 4.69) is 4.99 Å². The molecule has 88 valence electrons. The van der Waals surface area contributed by atoms with Crippen LogP contribution in [0.3, 0.4) is 0 Å². The molecule has 0 spiro atoms. The molecule has 0 unspecified atom stereocenters. The van der Waals surface area contributed by atoms with E-state index in [0.29, 0.717) is 13.2 Å². The highest BCUT2D eigenvalue weighted by Crippen LogP contribution is 2.18. The quantitative estimate of drug-likeness (QED) is 0.546. The number of hydrogen-bond acceptors (Lipinski definition) is 3. The van der Waals surface area contributed by atoms with Gasteiger partial charge < -0.3 is 9.47 Å². The van der Waals surface area contributed by atoms with Crippen LogP contribution in [0, 0.1) is 0 Å². The van der Waals surface area contributed by atoms with Crippen LogP contribution in [0.25, 0.3) is 0 Å². The van der Waals surface area contributed by atoms with E-state index in [-0.39, 0.29) is 6.29 Å². The van der Waals surface area contributed by atoms with E-state index in [9.17, 15) is 0 Å². The predicted octanol–water partition coefficient (Wildman–Crippen LogP) is 2.81. The minimum absolute atomic E-state index is 0.261. The lowest BCUT2D eigenvalue weighted by atomic mass is 10.1. The van der Waals surface area contributed by atoms with Crippen molar-refractivity contribution in [3.05, 3.63) is 35.4 Å². The summed E-state index contributed by atoms with van der Waals surface area (Å²) in [6.07, 6.45) is 1.56. The zero-order chi connectivity index (χ0) is 11.8.